The molecule has 0 unspecified atom stereocenters. The Hall–Kier alpha value is -3.16. The van der Waals surface area contributed by atoms with Crippen molar-refractivity contribution in [2.45, 2.75) is 42.6 Å². The summed E-state index contributed by atoms with van der Waals surface area (Å²) in [7, 11) is -6.85. The number of halogens is 6. The molecule has 1 saturated heterocycles. The fourth-order valence-electron chi connectivity index (χ4n) is 4.44. The number of fused-ring (bicyclic) bond motifs is 1. The number of alkyl halides is 6. The predicted octanol–water partition coefficient (Wildman–Crippen LogP) is 5.80. The van der Waals surface area contributed by atoms with Crippen LogP contribution in [0.2, 0.25) is 0 Å². The molecule has 2 heterocycles. The van der Waals surface area contributed by atoms with Crippen LogP contribution in [0.1, 0.15) is 23.3 Å². The zero-order valence-electron chi connectivity index (χ0n) is 22.5. The van der Waals surface area contributed by atoms with Crippen LogP contribution in [0.25, 0.3) is 10.1 Å². The Kier molecular flexibility index (Phi) is 9.48. The van der Waals surface area contributed by atoms with Gasteiger partial charge in [-0.25, -0.2) is 16.8 Å². The first-order valence-corrected chi connectivity index (χ1v) is 17.3. The van der Waals surface area contributed by atoms with Gasteiger partial charge >= 0.3 is 12.4 Å². The lowest BCUT2D eigenvalue weighted by Gasteiger charge is -2.24. The van der Waals surface area contributed by atoms with E-state index in [4.69, 9.17) is 4.74 Å². The minimum atomic E-state index is -4.68. The van der Waals surface area contributed by atoms with Crippen LogP contribution in [0.3, 0.4) is 0 Å². The number of rotatable bonds is 8. The third-order valence-corrected chi connectivity index (χ3v) is 10.5. The van der Waals surface area contributed by atoms with E-state index in [-0.39, 0.29) is 50.9 Å². The van der Waals surface area contributed by atoms with Crippen molar-refractivity contribution in [1.29, 1.82) is 0 Å². The maximum Gasteiger partial charge on any atom is 0.422 e. The summed E-state index contributed by atoms with van der Waals surface area (Å²) in [4.78, 5) is -0.113. The largest absolute Gasteiger partial charge is 0.482 e. The van der Waals surface area contributed by atoms with E-state index in [1.165, 1.54) is 12.1 Å². The lowest BCUT2D eigenvalue weighted by atomic mass is 10.1. The average molecular weight is 669 g/mol. The second-order valence-electron chi connectivity index (χ2n) is 9.94. The van der Waals surface area contributed by atoms with E-state index in [0.29, 0.717) is 28.6 Å². The van der Waals surface area contributed by atoms with Crippen molar-refractivity contribution in [3.05, 3.63) is 46.8 Å². The molecule has 0 atom stereocenters. The molecular weight excluding hydrogens is 642 g/mol. The number of benzene rings is 2. The van der Waals surface area contributed by atoms with E-state index in [0.717, 1.165) is 23.7 Å². The molecule has 0 aliphatic carbocycles. The minimum absolute atomic E-state index is 0.0128. The van der Waals surface area contributed by atoms with Crippen LogP contribution in [0.5, 0.6) is 5.75 Å². The van der Waals surface area contributed by atoms with Crippen LogP contribution in [0.4, 0.5) is 37.7 Å². The molecule has 234 valence electrons. The van der Waals surface area contributed by atoms with E-state index < -0.39 is 45.1 Å². The summed E-state index contributed by atoms with van der Waals surface area (Å²) < 4.78 is 131. The molecule has 3 aromatic rings. The fourth-order valence-corrected chi connectivity index (χ4v) is 7.74. The molecule has 1 fully saturated rings. The number of nitrogens with one attached hydrogen (secondary N) is 2. The SMILES string of the molecule is CS(=O)(=O)c1ccc(NCC#Cc2sc3c(NC4CCS(=O)(=O)CC4)cccc3c2CC(F)(F)F)c(OCC(F)(F)F)c1. The number of sulfone groups is 2. The highest BCUT2D eigenvalue weighted by molar-refractivity contribution is 7.91. The second kappa shape index (κ2) is 12.4. The summed E-state index contributed by atoms with van der Waals surface area (Å²) in [5.41, 5.74) is 0.555. The summed E-state index contributed by atoms with van der Waals surface area (Å²) in [5.74, 6) is 5.08. The smallest absolute Gasteiger partial charge is 0.422 e. The maximum atomic E-state index is 13.5. The standard InChI is InChI=1S/C27H26F6N2O5S3/c1-42(36,37)18-7-8-21(23(14-18)40-16-27(31,32)33)34-11-3-6-24-20(15-26(28,29)30)19-4-2-5-22(25(19)41-24)35-17-9-12-43(38,39)13-10-17/h2,4-5,7-8,14,17,34-35H,9-13,15-16H2,1H3. The highest BCUT2D eigenvalue weighted by Gasteiger charge is 2.32. The molecular formula is C27H26F6N2O5S3. The van der Waals surface area contributed by atoms with Gasteiger partial charge in [0, 0.05) is 18.4 Å². The van der Waals surface area contributed by atoms with Gasteiger partial charge in [-0.15, -0.1) is 11.3 Å². The highest BCUT2D eigenvalue weighted by Crippen LogP contribution is 2.39. The number of ether oxygens (including phenoxy) is 1. The lowest BCUT2D eigenvalue weighted by Crippen LogP contribution is -2.32. The topological polar surface area (TPSA) is 102 Å². The van der Waals surface area contributed by atoms with E-state index in [1.54, 1.807) is 18.2 Å². The Labute approximate surface area is 248 Å². The van der Waals surface area contributed by atoms with Gasteiger partial charge in [-0.05, 0) is 42.0 Å². The zero-order valence-corrected chi connectivity index (χ0v) is 25.0. The predicted molar refractivity (Wildman–Crippen MR) is 153 cm³/mol. The van der Waals surface area contributed by atoms with Gasteiger partial charge in [-0.2, -0.15) is 26.3 Å². The zero-order chi connectivity index (χ0) is 31.6. The summed E-state index contributed by atoms with van der Waals surface area (Å²) in [6.45, 7) is -1.88. The minimum Gasteiger partial charge on any atom is -0.482 e. The monoisotopic (exact) mass is 668 g/mol. The van der Waals surface area contributed by atoms with Crippen LogP contribution in [0, 0.1) is 11.8 Å². The second-order valence-corrected chi connectivity index (χ2v) is 15.3. The first-order valence-electron chi connectivity index (χ1n) is 12.7. The molecule has 16 heteroatoms. The quantitative estimate of drug-likeness (QED) is 0.231. The fraction of sp³-hybridized carbons (Fsp3) is 0.407. The molecule has 1 aliphatic rings. The Morgan fingerprint density at radius 2 is 1.72 bits per heavy atom. The van der Waals surface area contributed by atoms with Gasteiger partial charge in [-0.1, -0.05) is 24.0 Å². The van der Waals surface area contributed by atoms with Crippen LogP contribution >= 0.6 is 11.3 Å². The van der Waals surface area contributed by atoms with E-state index in [9.17, 15) is 43.2 Å². The molecule has 0 radical (unpaired) electrons. The average Bonchev–Trinajstić information content (AvgIpc) is 3.22. The molecule has 7 nitrogen and oxygen atoms in total. The molecule has 0 spiro atoms. The molecule has 0 amide bonds. The van der Waals surface area contributed by atoms with Gasteiger partial charge in [0.2, 0.25) is 0 Å². The lowest BCUT2D eigenvalue weighted by molar-refractivity contribution is -0.153. The van der Waals surface area contributed by atoms with Crippen molar-refractivity contribution >= 4 is 52.5 Å². The maximum absolute atomic E-state index is 13.5. The molecule has 1 aliphatic heterocycles. The molecule has 2 aromatic carbocycles. The van der Waals surface area contributed by atoms with Gasteiger partial charge in [0.25, 0.3) is 0 Å². The summed E-state index contributed by atoms with van der Waals surface area (Å²) in [6, 6.07) is 8.05. The van der Waals surface area contributed by atoms with Gasteiger partial charge in [0.05, 0.1) is 50.3 Å². The van der Waals surface area contributed by atoms with E-state index in [2.05, 4.69) is 22.5 Å². The van der Waals surface area contributed by atoms with Gasteiger partial charge in [0.15, 0.2) is 16.4 Å². The first-order chi connectivity index (χ1) is 19.9. The van der Waals surface area contributed by atoms with Crippen LogP contribution < -0.4 is 15.4 Å². The molecule has 43 heavy (non-hydrogen) atoms. The van der Waals surface area contributed by atoms with Crippen molar-refractivity contribution in [3.63, 3.8) is 0 Å². The van der Waals surface area contributed by atoms with Crippen LogP contribution in [-0.4, -0.2) is 66.1 Å². The van der Waals surface area contributed by atoms with Crippen molar-refractivity contribution in [1.82, 2.24) is 0 Å². The van der Waals surface area contributed by atoms with Crippen molar-refractivity contribution < 1.29 is 47.9 Å². The van der Waals surface area contributed by atoms with E-state index in [1.807, 2.05) is 0 Å². The van der Waals surface area contributed by atoms with Gasteiger partial charge in [0.1, 0.15) is 15.6 Å². The molecule has 1 aromatic heterocycles. The van der Waals surface area contributed by atoms with Gasteiger partial charge in [-0.3, -0.25) is 0 Å². The van der Waals surface area contributed by atoms with Crippen molar-refractivity contribution in [2.75, 3.05) is 41.5 Å². The third-order valence-electron chi connectivity index (χ3n) is 6.45. The van der Waals surface area contributed by atoms with E-state index >= 15 is 0 Å². The normalized spacial score (nSPS) is 16.0. The van der Waals surface area contributed by atoms with Crippen LogP contribution in [-0.2, 0) is 26.1 Å². The van der Waals surface area contributed by atoms with Crippen molar-refractivity contribution in [2.24, 2.45) is 0 Å². The number of anilines is 2. The number of hydrogen-bond acceptors (Lipinski definition) is 8. The van der Waals surface area contributed by atoms with Crippen LogP contribution in [0.15, 0.2) is 41.3 Å². The molecule has 2 N–H and O–H groups in total. The summed E-state index contributed by atoms with van der Waals surface area (Å²) in [6.07, 6.45) is -8.82. The highest BCUT2D eigenvalue weighted by atomic mass is 32.2. The molecule has 4 rings (SSSR count). The Morgan fingerprint density at radius 1 is 1.02 bits per heavy atom. The molecule has 0 saturated carbocycles. The Balaban J connectivity index is 1.60. The third kappa shape index (κ3) is 9.16. The first kappa shape index (κ1) is 32.7. The number of hydrogen-bond donors (Lipinski definition) is 2. The van der Waals surface area contributed by atoms with Crippen molar-refractivity contribution in [3.8, 4) is 17.6 Å². The summed E-state index contributed by atoms with van der Waals surface area (Å²) >= 11 is 1.05. The number of thiophene rings is 1. The Morgan fingerprint density at radius 3 is 2.35 bits per heavy atom. The molecule has 0 bridgehead atoms. The Bertz CT molecular complexity index is 1760. The van der Waals surface area contributed by atoms with Gasteiger partial charge < -0.3 is 15.4 Å². The summed E-state index contributed by atoms with van der Waals surface area (Å²) in [5, 5.41) is 6.35.